The SMILES string of the molecule is CCc1nc(COC(=O)C23CCC(=O)N2c2ccccc2C(=O)N3C)cs1. The molecule has 0 N–H and O–H groups in total. The molecule has 2 aromatic rings. The van der Waals surface area contributed by atoms with Crippen molar-refractivity contribution in [3.63, 3.8) is 0 Å². The van der Waals surface area contributed by atoms with Crippen LogP contribution in [0.3, 0.4) is 0 Å². The van der Waals surface area contributed by atoms with E-state index in [-0.39, 0.29) is 31.3 Å². The molecule has 0 saturated carbocycles. The van der Waals surface area contributed by atoms with Gasteiger partial charge in [0.1, 0.15) is 6.61 Å². The quantitative estimate of drug-likeness (QED) is 0.755. The average molecular weight is 385 g/mol. The van der Waals surface area contributed by atoms with E-state index >= 15 is 0 Å². The molecule has 8 heteroatoms. The third-order valence-corrected chi connectivity index (χ3v) is 6.16. The van der Waals surface area contributed by atoms with E-state index in [2.05, 4.69) is 4.98 Å². The standard InChI is InChI=1S/C19H19N3O4S/c1-3-15-20-12(11-27-15)10-26-18(25)19-9-8-16(23)22(19)14-7-5-4-6-13(14)17(24)21(19)2/h4-7,11H,3,8-10H2,1-2H3. The van der Waals surface area contributed by atoms with Crippen LogP contribution in [0.5, 0.6) is 0 Å². The maximum absolute atomic E-state index is 13.1. The Hall–Kier alpha value is -2.74. The normalized spacial score (nSPS) is 21.3. The topological polar surface area (TPSA) is 79.8 Å². The zero-order valence-electron chi connectivity index (χ0n) is 15.1. The van der Waals surface area contributed by atoms with Gasteiger partial charge in [-0.1, -0.05) is 19.1 Å². The smallest absolute Gasteiger partial charge is 0.354 e. The number of para-hydroxylation sites is 1. The Morgan fingerprint density at radius 1 is 1.33 bits per heavy atom. The average Bonchev–Trinajstić information content (AvgIpc) is 3.29. The molecule has 1 unspecified atom stereocenters. The molecule has 2 aliphatic rings. The molecule has 7 nitrogen and oxygen atoms in total. The molecule has 3 heterocycles. The highest BCUT2D eigenvalue weighted by atomic mass is 32.1. The van der Waals surface area contributed by atoms with Crippen LogP contribution in [-0.2, 0) is 27.4 Å². The molecule has 1 atom stereocenters. The van der Waals surface area contributed by atoms with Gasteiger partial charge in [-0.3, -0.25) is 14.5 Å². The summed E-state index contributed by atoms with van der Waals surface area (Å²) in [7, 11) is 1.54. The number of hydrogen-bond donors (Lipinski definition) is 0. The highest BCUT2D eigenvalue weighted by molar-refractivity contribution is 7.09. The summed E-state index contributed by atoms with van der Waals surface area (Å²) in [5, 5.41) is 2.82. The number of hydrogen-bond acceptors (Lipinski definition) is 6. The zero-order valence-corrected chi connectivity index (χ0v) is 15.9. The summed E-state index contributed by atoms with van der Waals surface area (Å²) >= 11 is 1.52. The minimum absolute atomic E-state index is 0.0167. The molecule has 0 bridgehead atoms. The van der Waals surface area contributed by atoms with E-state index in [0.717, 1.165) is 11.4 Å². The lowest BCUT2D eigenvalue weighted by Gasteiger charge is -2.46. The molecule has 27 heavy (non-hydrogen) atoms. The molecule has 1 aromatic carbocycles. The number of amides is 2. The van der Waals surface area contributed by atoms with Crippen LogP contribution in [0.4, 0.5) is 5.69 Å². The van der Waals surface area contributed by atoms with Crippen LogP contribution >= 0.6 is 11.3 Å². The van der Waals surface area contributed by atoms with Gasteiger partial charge in [0.2, 0.25) is 11.6 Å². The second kappa shape index (κ2) is 6.45. The highest BCUT2D eigenvalue weighted by Gasteiger charge is 2.60. The van der Waals surface area contributed by atoms with E-state index in [0.29, 0.717) is 16.9 Å². The number of fused-ring (bicyclic) bond motifs is 3. The number of likely N-dealkylation sites (N-methyl/N-ethyl adjacent to an activating group) is 1. The Morgan fingerprint density at radius 3 is 2.85 bits per heavy atom. The molecule has 0 spiro atoms. The lowest BCUT2D eigenvalue weighted by atomic mass is 9.97. The van der Waals surface area contributed by atoms with Gasteiger partial charge >= 0.3 is 5.97 Å². The number of nitrogens with zero attached hydrogens (tertiary/aromatic N) is 3. The first-order valence-electron chi connectivity index (χ1n) is 8.79. The fourth-order valence-electron chi connectivity index (χ4n) is 3.72. The minimum Gasteiger partial charge on any atom is -0.456 e. The van der Waals surface area contributed by atoms with Crippen LogP contribution in [0.15, 0.2) is 29.6 Å². The van der Waals surface area contributed by atoms with Crippen molar-refractivity contribution in [2.24, 2.45) is 0 Å². The molecular weight excluding hydrogens is 366 g/mol. The molecule has 1 saturated heterocycles. The molecule has 1 fully saturated rings. The lowest BCUT2D eigenvalue weighted by Crippen LogP contribution is -2.67. The van der Waals surface area contributed by atoms with Gasteiger partial charge in [-0.25, -0.2) is 9.78 Å². The van der Waals surface area contributed by atoms with E-state index in [4.69, 9.17) is 4.74 Å². The Balaban J connectivity index is 1.68. The molecule has 140 valence electrons. The van der Waals surface area contributed by atoms with Crippen LogP contribution in [0.25, 0.3) is 0 Å². The van der Waals surface area contributed by atoms with Gasteiger partial charge in [-0.15, -0.1) is 11.3 Å². The van der Waals surface area contributed by atoms with Crippen molar-refractivity contribution in [3.8, 4) is 0 Å². The van der Waals surface area contributed by atoms with Gasteiger partial charge < -0.3 is 9.64 Å². The fourth-order valence-corrected chi connectivity index (χ4v) is 4.45. The van der Waals surface area contributed by atoms with Crippen LogP contribution in [0.1, 0.15) is 40.8 Å². The largest absolute Gasteiger partial charge is 0.456 e. The van der Waals surface area contributed by atoms with Crippen molar-refractivity contribution in [3.05, 3.63) is 45.9 Å². The molecule has 0 radical (unpaired) electrons. The number of anilines is 1. The second-order valence-corrected chi connectivity index (χ2v) is 7.53. The molecule has 0 aliphatic carbocycles. The summed E-state index contributed by atoms with van der Waals surface area (Å²) < 4.78 is 5.53. The van der Waals surface area contributed by atoms with E-state index < -0.39 is 11.6 Å². The number of thiazole rings is 1. The first-order chi connectivity index (χ1) is 13.0. The Morgan fingerprint density at radius 2 is 2.11 bits per heavy atom. The van der Waals surface area contributed by atoms with E-state index in [1.807, 2.05) is 12.3 Å². The number of aryl methyl sites for hydroxylation is 1. The van der Waals surface area contributed by atoms with Gasteiger partial charge in [0.25, 0.3) is 5.91 Å². The van der Waals surface area contributed by atoms with Crippen LogP contribution in [0, 0.1) is 0 Å². The Bertz CT molecular complexity index is 941. The van der Waals surface area contributed by atoms with Crippen molar-refractivity contribution >= 4 is 34.8 Å². The summed E-state index contributed by atoms with van der Waals surface area (Å²) in [4.78, 5) is 45.8. The number of ether oxygens (including phenoxy) is 1. The van der Waals surface area contributed by atoms with Crippen LogP contribution in [0.2, 0.25) is 0 Å². The Kier molecular flexibility index (Phi) is 4.22. The molecule has 2 aliphatic heterocycles. The third kappa shape index (κ3) is 2.55. The van der Waals surface area contributed by atoms with Crippen molar-refractivity contribution in [1.29, 1.82) is 0 Å². The van der Waals surface area contributed by atoms with Crippen molar-refractivity contribution in [2.75, 3.05) is 11.9 Å². The summed E-state index contributed by atoms with van der Waals surface area (Å²) in [6.07, 6.45) is 1.20. The first kappa shape index (κ1) is 17.7. The third-order valence-electron chi connectivity index (χ3n) is 5.12. The Labute approximate surface area is 160 Å². The molecule has 2 amide bonds. The molecular formula is C19H19N3O4S. The summed E-state index contributed by atoms with van der Waals surface area (Å²) in [5.74, 6) is -1.10. The van der Waals surface area contributed by atoms with Crippen molar-refractivity contribution in [1.82, 2.24) is 9.88 Å². The zero-order chi connectivity index (χ0) is 19.2. The number of carbonyl (C=O) groups is 3. The summed E-state index contributed by atoms with van der Waals surface area (Å²) in [6.45, 7) is 2.03. The monoisotopic (exact) mass is 385 g/mol. The highest BCUT2D eigenvalue weighted by Crippen LogP contribution is 2.44. The van der Waals surface area contributed by atoms with Crippen molar-refractivity contribution < 1.29 is 19.1 Å². The van der Waals surface area contributed by atoms with E-state index in [9.17, 15) is 14.4 Å². The summed E-state index contributed by atoms with van der Waals surface area (Å²) in [5.41, 5.74) is 0.0990. The van der Waals surface area contributed by atoms with Crippen LogP contribution in [-0.4, -0.2) is 40.4 Å². The molecule has 4 rings (SSSR count). The predicted octanol–water partition coefficient (Wildman–Crippen LogP) is 2.36. The lowest BCUT2D eigenvalue weighted by molar-refractivity contribution is -0.158. The first-order valence-corrected chi connectivity index (χ1v) is 9.67. The minimum atomic E-state index is -1.44. The van der Waals surface area contributed by atoms with Gasteiger partial charge in [0.15, 0.2) is 0 Å². The number of benzene rings is 1. The maximum atomic E-state index is 13.1. The van der Waals surface area contributed by atoms with Crippen molar-refractivity contribution in [2.45, 2.75) is 38.5 Å². The van der Waals surface area contributed by atoms with Crippen LogP contribution < -0.4 is 4.90 Å². The number of rotatable bonds is 4. The number of carbonyl (C=O) groups excluding carboxylic acids is 3. The molecule has 1 aromatic heterocycles. The maximum Gasteiger partial charge on any atom is 0.354 e. The van der Waals surface area contributed by atoms with E-state index in [1.54, 1.807) is 31.3 Å². The van der Waals surface area contributed by atoms with Gasteiger partial charge in [0, 0.05) is 25.3 Å². The van der Waals surface area contributed by atoms with Gasteiger partial charge in [-0.05, 0) is 18.6 Å². The number of aromatic nitrogens is 1. The number of esters is 1. The second-order valence-electron chi connectivity index (χ2n) is 6.59. The van der Waals surface area contributed by atoms with Gasteiger partial charge in [-0.2, -0.15) is 0 Å². The van der Waals surface area contributed by atoms with E-state index in [1.165, 1.54) is 21.1 Å². The summed E-state index contributed by atoms with van der Waals surface area (Å²) in [6, 6.07) is 6.85. The predicted molar refractivity (Wildman–Crippen MR) is 99.3 cm³/mol. The van der Waals surface area contributed by atoms with Gasteiger partial charge in [0.05, 0.1) is 22.0 Å². The fraction of sp³-hybridized carbons (Fsp3) is 0.368.